The minimum absolute atomic E-state index is 0.597. The van der Waals surface area contributed by atoms with Crippen molar-refractivity contribution >= 4 is 11.6 Å². The summed E-state index contributed by atoms with van der Waals surface area (Å²) in [6, 6.07) is 15.6. The van der Waals surface area contributed by atoms with Crippen molar-refractivity contribution in [1.29, 1.82) is 0 Å². The summed E-state index contributed by atoms with van der Waals surface area (Å²) in [5.41, 5.74) is 6.02. The fourth-order valence-electron chi connectivity index (χ4n) is 1.94. The normalized spacial score (nSPS) is 10.1. The molecule has 0 amide bonds. The van der Waals surface area contributed by atoms with Crippen LogP contribution < -0.4 is 10.4 Å². The van der Waals surface area contributed by atoms with E-state index in [1.54, 1.807) is 23.6 Å². The monoisotopic (exact) mass is 277 g/mol. The second-order valence-electron chi connectivity index (χ2n) is 4.52. The van der Waals surface area contributed by atoms with Crippen molar-refractivity contribution in [3.05, 3.63) is 67.1 Å². The molecule has 3 aromatic rings. The fourth-order valence-corrected chi connectivity index (χ4v) is 1.94. The summed E-state index contributed by atoms with van der Waals surface area (Å²) in [5, 5.41) is 1.79. The largest absolute Gasteiger partial charge is 0.296 e. The van der Waals surface area contributed by atoms with Gasteiger partial charge in [-0.25, -0.2) is 9.97 Å². The minimum Gasteiger partial charge on any atom is -0.296 e. The first-order chi connectivity index (χ1) is 10.3. The minimum atomic E-state index is 0.597. The first-order valence-electron chi connectivity index (χ1n) is 6.62. The van der Waals surface area contributed by atoms with E-state index in [4.69, 9.17) is 0 Å². The number of anilines is 2. The third-order valence-corrected chi connectivity index (χ3v) is 2.97. The Morgan fingerprint density at radius 3 is 2.57 bits per heavy atom. The summed E-state index contributed by atoms with van der Waals surface area (Å²) in [7, 11) is 1.88. The van der Waals surface area contributed by atoms with Gasteiger partial charge in [0, 0.05) is 31.2 Å². The van der Waals surface area contributed by atoms with Gasteiger partial charge in [0.1, 0.15) is 0 Å². The molecule has 21 heavy (non-hydrogen) atoms. The van der Waals surface area contributed by atoms with Crippen molar-refractivity contribution in [2.75, 3.05) is 17.5 Å². The van der Waals surface area contributed by atoms with Gasteiger partial charge in [0.25, 0.3) is 0 Å². The topological polar surface area (TPSA) is 53.9 Å². The number of nitrogens with one attached hydrogen (secondary N) is 1. The molecular formula is C16H15N5. The molecule has 0 aliphatic carbocycles. The van der Waals surface area contributed by atoms with E-state index in [1.807, 2.05) is 55.6 Å². The highest BCUT2D eigenvalue weighted by Crippen LogP contribution is 2.17. The van der Waals surface area contributed by atoms with Crippen LogP contribution in [-0.2, 0) is 0 Å². The van der Waals surface area contributed by atoms with Gasteiger partial charge in [0.2, 0.25) is 5.95 Å². The highest BCUT2D eigenvalue weighted by Gasteiger charge is 2.06. The molecule has 0 fully saturated rings. The number of hydrazine groups is 1. The van der Waals surface area contributed by atoms with E-state index >= 15 is 0 Å². The Bertz CT molecular complexity index is 700. The van der Waals surface area contributed by atoms with Crippen molar-refractivity contribution in [3.8, 4) is 11.3 Å². The average molecular weight is 277 g/mol. The van der Waals surface area contributed by atoms with Gasteiger partial charge < -0.3 is 0 Å². The van der Waals surface area contributed by atoms with Crippen LogP contribution in [0.25, 0.3) is 11.3 Å². The Labute approximate surface area is 123 Å². The van der Waals surface area contributed by atoms with Crippen LogP contribution in [0.1, 0.15) is 0 Å². The quantitative estimate of drug-likeness (QED) is 0.743. The number of para-hydroxylation sites is 1. The van der Waals surface area contributed by atoms with Gasteiger partial charge in [0.05, 0.1) is 11.4 Å². The molecule has 2 aromatic heterocycles. The van der Waals surface area contributed by atoms with E-state index in [2.05, 4.69) is 20.4 Å². The Morgan fingerprint density at radius 1 is 0.952 bits per heavy atom. The number of nitrogens with zero attached hydrogens (tertiary/aromatic N) is 4. The number of hydrogen-bond acceptors (Lipinski definition) is 5. The second kappa shape index (κ2) is 6.00. The maximum absolute atomic E-state index is 4.55. The van der Waals surface area contributed by atoms with Crippen LogP contribution in [0.4, 0.5) is 11.6 Å². The molecule has 5 nitrogen and oxygen atoms in total. The van der Waals surface area contributed by atoms with Crippen molar-refractivity contribution in [3.63, 3.8) is 0 Å². The standard InChI is InChI=1S/C16H15N5/c1-21(20-14-7-3-2-4-8-14)16-18-11-9-15(19-16)13-6-5-10-17-12-13/h2-12,20H,1H3. The first kappa shape index (κ1) is 13.1. The molecule has 3 rings (SSSR count). The molecule has 0 saturated carbocycles. The van der Waals surface area contributed by atoms with Gasteiger partial charge in [-0.2, -0.15) is 0 Å². The maximum Gasteiger partial charge on any atom is 0.244 e. The maximum atomic E-state index is 4.55. The van der Waals surface area contributed by atoms with Gasteiger partial charge >= 0.3 is 0 Å². The summed E-state index contributed by atoms with van der Waals surface area (Å²) in [5.74, 6) is 0.597. The number of benzene rings is 1. The number of rotatable bonds is 4. The predicted octanol–water partition coefficient (Wildman–Crippen LogP) is 3.00. The van der Waals surface area contributed by atoms with Crippen LogP contribution in [0, 0.1) is 0 Å². The van der Waals surface area contributed by atoms with Crippen LogP contribution in [-0.4, -0.2) is 22.0 Å². The lowest BCUT2D eigenvalue weighted by atomic mass is 10.2. The van der Waals surface area contributed by atoms with E-state index in [0.29, 0.717) is 5.95 Å². The van der Waals surface area contributed by atoms with E-state index in [1.165, 1.54) is 0 Å². The van der Waals surface area contributed by atoms with Gasteiger partial charge in [-0.15, -0.1) is 0 Å². The van der Waals surface area contributed by atoms with Crippen LogP contribution >= 0.6 is 0 Å². The summed E-state index contributed by atoms with van der Waals surface area (Å²) in [6.45, 7) is 0. The van der Waals surface area contributed by atoms with Crippen LogP contribution in [0.2, 0.25) is 0 Å². The van der Waals surface area contributed by atoms with E-state index < -0.39 is 0 Å². The Balaban J connectivity index is 1.83. The lowest BCUT2D eigenvalue weighted by Gasteiger charge is -2.19. The van der Waals surface area contributed by atoms with Gasteiger partial charge in [-0.1, -0.05) is 18.2 Å². The lowest BCUT2D eigenvalue weighted by molar-refractivity contribution is 0.982. The highest BCUT2D eigenvalue weighted by atomic mass is 15.5. The van der Waals surface area contributed by atoms with Crippen molar-refractivity contribution in [2.45, 2.75) is 0 Å². The summed E-state index contributed by atoms with van der Waals surface area (Å²) >= 11 is 0. The van der Waals surface area contributed by atoms with Crippen LogP contribution in [0.3, 0.4) is 0 Å². The van der Waals surface area contributed by atoms with Crippen LogP contribution in [0.15, 0.2) is 67.1 Å². The van der Waals surface area contributed by atoms with Gasteiger partial charge in [0.15, 0.2) is 0 Å². The first-order valence-corrected chi connectivity index (χ1v) is 6.62. The molecule has 1 aromatic carbocycles. The third kappa shape index (κ3) is 3.14. The molecular weight excluding hydrogens is 262 g/mol. The van der Waals surface area contributed by atoms with E-state index in [-0.39, 0.29) is 0 Å². The smallest absolute Gasteiger partial charge is 0.244 e. The Kier molecular flexibility index (Phi) is 3.73. The fraction of sp³-hybridized carbons (Fsp3) is 0.0625. The third-order valence-electron chi connectivity index (χ3n) is 2.97. The molecule has 0 radical (unpaired) electrons. The average Bonchev–Trinajstić information content (AvgIpc) is 2.57. The highest BCUT2D eigenvalue weighted by molar-refractivity contribution is 5.59. The summed E-state index contributed by atoms with van der Waals surface area (Å²) in [6.07, 6.45) is 5.28. The molecule has 1 N–H and O–H groups in total. The molecule has 0 saturated heterocycles. The molecule has 0 aliphatic heterocycles. The zero-order chi connectivity index (χ0) is 14.5. The summed E-state index contributed by atoms with van der Waals surface area (Å²) < 4.78 is 0. The molecule has 5 heteroatoms. The number of hydrogen-bond donors (Lipinski definition) is 1. The van der Waals surface area contributed by atoms with Crippen LogP contribution in [0.5, 0.6) is 0 Å². The molecule has 104 valence electrons. The summed E-state index contributed by atoms with van der Waals surface area (Å²) in [4.78, 5) is 13.0. The zero-order valence-electron chi connectivity index (χ0n) is 11.6. The second-order valence-corrected chi connectivity index (χ2v) is 4.52. The van der Waals surface area contributed by atoms with Crippen molar-refractivity contribution < 1.29 is 0 Å². The molecule has 2 heterocycles. The molecule has 0 bridgehead atoms. The number of aromatic nitrogens is 3. The van der Waals surface area contributed by atoms with E-state index in [9.17, 15) is 0 Å². The molecule has 0 spiro atoms. The van der Waals surface area contributed by atoms with E-state index in [0.717, 1.165) is 16.9 Å². The predicted molar refractivity (Wildman–Crippen MR) is 83.7 cm³/mol. The van der Waals surface area contributed by atoms with Gasteiger partial charge in [-0.05, 0) is 30.3 Å². The van der Waals surface area contributed by atoms with Crippen molar-refractivity contribution in [1.82, 2.24) is 15.0 Å². The SMILES string of the molecule is CN(Nc1ccccc1)c1nccc(-c2cccnc2)n1. The van der Waals surface area contributed by atoms with Gasteiger partial charge in [-0.3, -0.25) is 15.4 Å². The molecule has 0 aliphatic rings. The zero-order valence-corrected chi connectivity index (χ0v) is 11.6. The lowest BCUT2D eigenvalue weighted by Crippen LogP contribution is -2.26. The Hall–Kier alpha value is -2.95. The van der Waals surface area contributed by atoms with Crippen molar-refractivity contribution in [2.24, 2.45) is 0 Å². The molecule has 0 unspecified atom stereocenters. The molecule has 0 atom stereocenters. The Morgan fingerprint density at radius 2 is 1.81 bits per heavy atom. The number of pyridine rings is 1.